The predicted molar refractivity (Wildman–Crippen MR) is 131 cm³/mol. The first-order chi connectivity index (χ1) is 18.1. The number of hydrogen-bond donors (Lipinski definition) is 0. The van der Waals surface area contributed by atoms with Gasteiger partial charge in [0.2, 0.25) is 5.91 Å². The van der Waals surface area contributed by atoms with Gasteiger partial charge < -0.3 is 14.4 Å². The number of hydrogen-bond acceptors (Lipinski definition) is 9. The molecule has 1 amide bonds. The number of ether oxygens (including phenoxy) is 2. The zero-order chi connectivity index (χ0) is 25.5. The molecule has 1 aromatic carbocycles. The van der Waals surface area contributed by atoms with Gasteiger partial charge in [0.05, 0.1) is 37.3 Å². The number of carbonyl (C=O) groups is 1. The molecule has 0 spiro atoms. The molecule has 1 aliphatic carbocycles. The molecule has 37 heavy (non-hydrogen) atoms. The van der Waals surface area contributed by atoms with Crippen molar-refractivity contribution in [2.24, 2.45) is 0 Å². The summed E-state index contributed by atoms with van der Waals surface area (Å²) in [6.07, 6.45) is 4.83. The minimum atomic E-state index is -0.166. The van der Waals surface area contributed by atoms with Crippen LogP contribution in [0.4, 0.5) is 0 Å². The fraction of sp³-hybridized carbons (Fsp3) is 0.462. The largest absolute Gasteiger partial charge is 0.495 e. The second-order valence-corrected chi connectivity index (χ2v) is 9.81. The number of amides is 1. The van der Waals surface area contributed by atoms with Crippen LogP contribution in [0.2, 0.25) is 0 Å². The smallest absolute Gasteiger partial charge is 0.230 e. The molecular weight excluding hydrogens is 472 g/mol. The quantitative estimate of drug-likeness (QED) is 0.525. The summed E-state index contributed by atoms with van der Waals surface area (Å²) in [6, 6.07) is 8.23. The standard InChI is InChI=1S/C26H28N8O3/c1-16-19(5-6-23(36-2)21(16)10-27)24-13-32-7-8-33(12-18(32)14-37-24)26(35)20-4-3-17-9-25(28-11-22(17)20)34-15-29-30-31-34/h5-6,9,11,15,18,20,24H,3-4,7-8,12-14H2,1-2H3. The molecule has 2 fully saturated rings. The fourth-order valence-electron chi connectivity index (χ4n) is 5.88. The van der Waals surface area contributed by atoms with Crippen LogP contribution in [0, 0.1) is 18.3 Å². The number of piperazine rings is 1. The summed E-state index contributed by atoms with van der Waals surface area (Å²) in [5.41, 5.74) is 4.61. The minimum absolute atomic E-state index is 0.112. The van der Waals surface area contributed by atoms with Crippen LogP contribution in [-0.4, -0.2) is 86.8 Å². The lowest BCUT2D eigenvalue weighted by molar-refractivity contribution is -0.141. The molecule has 0 radical (unpaired) electrons. The highest BCUT2D eigenvalue weighted by Crippen LogP contribution is 2.37. The van der Waals surface area contributed by atoms with E-state index in [1.54, 1.807) is 13.3 Å². The molecule has 11 nitrogen and oxygen atoms in total. The van der Waals surface area contributed by atoms with Gasteiger partial charge in [-0.1, -0.05) is 6.07 Å². The van der Waals surface area contributed by atoms with Gasteiger partial charge in [0.15, 0.2) is 5.82 Å². The number of benzene rings is 1. The third-order valence-corrected chi connectivity index (χ3v) is 7.92. The average Bonchev–Trinajstić information content (AvgIpc) is 3.62. The summed E-state index contributed by atoms with van der Waals surface area (Å²) in [6.45, 7) is 5.36. The van der Waals surface area contributed by atoms with Crippen LogP contribution < -0.4 is 4.74 Å². The summed E-state index contributed by atoms with van der Waals surface area (Å²) in [5.74, 6) is 1.25. The Morgan fingerprint density at radius 3 is 2.92 bits per heavy atom. The van der Waals surface area contributed by atoms with Crippen LogP contribution in [0.25, 0.3) is 5.82 Å². The Kier molecular flexibility index (Phi) is 6.06. The number of morpholine rings is 1. The SMILES string of the molecule is COc1ccc(C2CN3CCN(C(=O)C4CCc5cc(-n6cnnn6)ncc54)CC3CO2)c(C)c1C#N. The highest BCUT2D eigenvalue weighted by Gasteiger charge is 2.39. The third-order valence-electron chi connectivity index (χ3n) is 7.92. The van der Waals surface area contributed by atoms with E-state index in [4.69, 9.17) is 9.47 Å². The molecule has 6 rings (SSSR count). The molecule has 3 aromatic rings. The van der Waals surface area contributed by atoms with Crippen molar-refractivity contribution >= 4 is 5.91 Å². The van der Waals surface area contributed by atoms with Crippen molar-refractivity contribution in [3.63, 3.8) is 0 Å². The van der Waals surface area contributed by atoms with Crippen molar-refractivity contribution in [3.8, 4) is 17.6 Å². The van der Waals surface area contributed by atoms with Gasteiger partial charge in [-0.25, -0.2) is 4.98 Å². The van der Waals surface area contributed by atoms with Gasteiger partial charge in [-0.05, 0) is 64.6 Å². The first kappa shape index (κ1) is 23.5. The lowest BCUT2D eigenvalue weighted by Gasteiger charge is -2.46. The number of methoxy groups -OCH3 is 1. The van der Waals surface area contributed by atoms with Gasteiger partial charge in [0, 0.05) is 32.4 Å². The van der Waals surface area contributed by atoms with Gasteiger partial charge >= 0.3 is 0 Å². The molecule has 4 heterocycles. The topological polar surface area (TPSA) is 122 Å². The minimum Gasteiger partial charge on any atom is -0.495 e. The molecule has 0 saturated carbocycles. The zero-order valence-corrected chi connectivity index (χ0v) is 20.9. The van der Waals surface area contributed by atoms with Crippen molar-refractivity contribution in [1.82, 2.24) is 35.0 Å². The van der Waals surface area contributed by atoms with Crippen LogP contribution >= 0.6 is 0 Å². The van der Waals surface area contributed by atoms with E-state index >= 15 is 0 Å². The van der Waals surface area contributed by atoms with Crippen molar-refractivity contribution in [2.75, 3.05) is 39.9 Å². The number of rotatable bonds is 4. The third kappa shape index (κ3) is 4.12. The number of fused-ring (bicyclic) bond motifs is 2. The van der Waals surface area contributed by atoms with Gasteiger partial charge in [0.25, 0.3) is 0 Å². The van der Waals surface area contributed by atoms with Crippen LogP contribution in [0.15, 0.2) is 30.7 Å². The van der Waals surface area contributed by atoms with Crippen molar-refractivity contribution < 1.29 is 14.3 Å². The molecule has 190 valence electrons. The second kappa shape index (κ2) is 9.53. The Morgan fingerprint density at radius 2 is 2.14 bits per heavy atom. The van der Waals surface area contributed by atoms with E-state index in [-0.39, 0.29) is 24.0 Å². The Hall–Kier alpha value is -3.88. The number of tetrazole rings is 1. The molecular formula is C26H28N8O3. The van der Waals surface area contributed by atoms with Crippen molar-refractivity contribution in [3.05, 3.63) is 58.5 Å². The van der Waals surface area contributed by atoms with Gasteiger partial charge in [-0.3, -0.25) is 9.69 Å². The van der Waals surface area contributed by atoms with E-state index in [0.717, 1.165) is 48.2 Å². The van der Waals surface area contributed by atoms with E-state index in [1.807, 2.05) is 30.0 Å². The molecule has 3 aliphatic rings. The summed E-state index contributed by atoms with van der Waals surface area (Å²) in [5, 5.41) is 20.8. The Balaban J connectivity index is 1.12. The van der Waals surface area contributed by atoms with E-state index in [0.29, 0.717) is 36.8 Å². The number of pyridine rings is 1. The second-order valence-electron chi connectivity index (χ2n) is 9.81. The molecule has 2 saturated heterocycles. The van der Waals surface area contributed by atoms with Crippen LogP contribution in [0.1, 0.15) is 46.3 Å². The highest BCUT2D eigenvalue weighted by atomic mass is 16.5. The first-order valence-corrected chi connectivity index (χ1v) is 12.5. The molecule has 3 atom stereocenters. The summed E-state index contributed by atoms with van der Waals surface area (Å²) in [7, 11) is 1.58. The normalized spacial score (nSPS) is 23.3. The Bertz CT molecular complexity index is 1370. The molecule has 3 unspecified atom stereocenters. The van der Waals surface area contributed by atoms with Gasteiger partial charge in [0.1, 0.15) is 18.1 Å². The monoisotopic (exact) mass is 500 g/mol. The maximum absolute atomic E-state index is 13.6. The van der Waals surface area contributed by atoms with Crippen LogP contribution in [0.5, 0.6) is 5.75 Å². The summed E-state index contributed by atoms with van der Waals surface area (Å²) < 4.78 is 13.2. The molecule has 2 aliphatic heterocycles. The molecule has 0 N–H and O–H groups in total. The maximum atomic E-state index is 13.6. The van der Waals surface area contributed by atoms with Crippen LogP contribution in [-0.2, 0) is 16.0 Å². The van der Waals surface area contributed by atoms with Crippen molar-refractivity contribution in [1.29, 1.82) is 5.26 Å². The lowest BCUT2D eigenvalue weighted by Crippen LogP contribution is -2.60. The predicted octanol–water partition coefficient (Wildman–Crippen LogP) is 1.56. The number of nitriles is 1. The van der Waals surface area contributed by atoms with Crippen molar-refractivity contribution in [2.45, 2.75) is 37.8 Å². The Labute approximate surface area is 214 Å². The first-order valence-electron chi connectivity index (χ1n) is 12.5. The number of aryl methyl sites for hydroxylation is 1. The number of nitrogens with zero attached hydrogens (tertiary/aromatic N) is 8. The van der Waals surface area contributed by atoms with Crippen LogP contribution in [0.3, 0.4) is 0 Å². The molecule has 11 heteroatoms. The van der Waals surface area contributed by atoms with E-state index in [9.17, 15) is 10.1 Å². The van der Waals surface area contributed by atoms with E-state index in [2.05, 4.69) is 31.5 Å². The molecule has 0 bridgehead atoms. The maximum Gasteiger partial charge on any atom is 0.230 e. The summed E-state index contributed by atoms with van der Waals surface area (Å²) in [4.78, 5) is 22.5. The number of aromatic nitrogens is 5. The Morgan fingerprint density at radius 1 is 1.24 bits per heavy atom. The van der Waals surface area contributed by atoms with Gasteiger partial charge in [-0.15, -0.1) is 5.10 Å². The number of carbonyl (C=O) groups excluding carboxylic acids is 1. The van der Waals surface area contributed by atoms with E-state index in [1.165, 1.54) is 11.0 Å². The summed E-state index contributed by atoms with van der Waals surface area (Å²) >= 11 is 0. The van der Waals surface area contributed by atoms with Gasteiger partial charge in [-0.2, -0.15) is 9.94 Å². The highest BCUT2D eigenvalue weighted by molar-refractivity contribution is 5.85. The average molecular weight is 501 g/mol. The lowest BCUT2D eigenvalue weighted by atomic mass is 9.95. The van der Waals surface area contributed by atoms with E-state index < -0.39 is 0 Å². The zero-order valence-electron chi connectivity index (χ0n) is 20.9. The molecule has 2 aromatic heterocycles. The fourth-order valence-corrected chi connectivity index (χ4v) is 5.88.